The number of nitrogens with two attached hydrogens (primary N) is 1. The quantitative estimate of drug-likeness (QED) is 0.651. The van der Waals surface area contributed by atoms with Crippen LogP contribution in [0.15, 0.2) is 16.8 Å². The molecular weight excluding hydrogens is 244 g/mol. The van der Waals surface area contributed by atoms with Crippen molar-refractivity contribution in [3.63, 3.8) is 0 Å². The summed E-state index contributed by atoms with van der Waals surface area (Å²) >= 11 is 1.45. The lowest BCUT2D eigenvalue weighted by Gasteiger charge is -2.12. The maximum atomic E-state index is 11.5. The minimum absolute atomic E-state index is 0.0893. The summed E-state index contributed by atoms with van der Waals surface area (Å²) in [5.74, 6) is -2.49. The van der Waals surface area contributed by atoms with Crippen molar-refractivity contribution in [3.05, 3.63) is 22.4 Å². The Morgan fingerprint density at radius 3 is 2.65 bits per heavy atom. The van der Waals surface area contributed by atoms with Gasteiger partial charge in [-0.1, -0.05) is 0 Å². The molecule has 0 fully saturated rings. The van der Waals surface area contributed by atoms with Gasteiger partial charge in [0.15, 0.2) is 0 Å². The summed E-state index contributed by atoms with van der Waals surface area (Å²) in [4.78, 5) is 32.9. The molecule has 0 aliphatic heterocycles. The van der Waals surface area contributed by atoms with Crippen LogP contribution in [0.2, 0.25) is 0 Å². The van der Waals surface area contributed by atoms with Gasteiger partial charge in [0.2, 0.25) is 11.8 Å². The average molecular weight is 256 g/mol. The van der Waals surface area contributed by atoms with Gasteiger partial charge in [-0.3, -0.25) is 9.59 Å². The largest absolute Gasteiger partial charge is 0.480 e. The van der Waals surface area contributed by atoms with Gasteiger partial charge in [0.25, 0.3) is 0 Å². The van der Waals surface area contributed by atoms with Crippen LogP contribution in [0.3, 0.4) is 0 Å². The van der Waals surface area contributed by atoms with E-state index >= 15 is 0 Å². The van der Waals surface area contributed by atoms with Gasteiger partial charge in [-0.25, -0.2) is 4.79 Å². The Morgan fingerprint density at radius 1 is 1.47 bits per heavy atom. The second kappa shape index (κ2) is 6.00. The third kappa shape index (κ3) is 4.64. The van der Waals surface area contributed by atoms with E-state index in [4.69, 9.17) is 10.8 Å². The van der Waals surface area contributed by atoms with Crippen LogP contribution in [-0.2, 0) is 20.8 Å². The van der Waals surface area contributed by atoms with Gasteiger partial charge < -0.3 is 16.2 Å². The zero-order chi connectivity index (χ0) is 12.8. The summed E-state index contributed by atoms with van der Waals surface area (Å²) in [5, 5.41) is 14.6. The van der Waals surface area contributed by atoms with Gasteiger partial charge in [0, 0.05) is 0 Å². The van der Waals surface area contributed by atoms with Gasteiger partial charge in [0.1, 0.15) is 6.04 Å². The molecule has 0 unspecified atom stereocenters. The zero-order valence-corrected chi connectivity index (χ0v) is 9.70. The van der Waals surface area contributed by atoms with E-state index in [0.717, 1.165) is 5.56 Å². The molecule has 0 aromatic carbocycles. The van der Waals surface area contributed by atoms with E-state index in [0.29, 0.717) is 0 Å². The third-order valence-corrected chi connectivity index (χ3v) is 2.72. The molecule has 4 N–H and O–H groups in total. The second-order valence-corrected chi connectivity index (χ2v) is 4.22. The van der Waals surface area contributed by atoms with Crippen molar-refractivity contribution < 1.29 is 19.5 Å². The number of aliphatic carboxylic acids is 1. The molecule has 17 heavy (non-hydrogen) atoms. The maximum absolute atomic E-state index is 11.5. The van der Waals surface area contributed by atoms with Crippen molar-refractivity contribution in [1.82, 2.24) is 5.32 Å². The molecule has 1 atom stereocenters. The fourth-order valence-electron chi connectivity index (χ4n) is 1.23. The van der Waals surface area contributed by atoms with Crippen LogP contribution < -0.4 is 11.1 Å². The lowest BCUT2D eigenvalue weighted by Crippen LogP contribution is -2.43. The topological polar surface area (TPSA) is 109 Å². The summed E-state index contributed by atoms with van der Waals surface area (Å²) in [6, 6.07) is 0.507. The highest BCUT2D eigenvalue weighted by Crippen LogP contribution is 2.06. The van der Waals surface area contributed by atoms with Gasteiger partial charge in [-0.2, -0.15) is 11.3 Å². The predicted molar refractivity (Wildman–Crippen MR) is 61.4 cm³/mol. The van der Waals surface area contributed by atoms with Gasteiger partial charge in [-0.05, 0) is 22.4 Å². The van der Waals surface area contributed by atoms with E-state index in [2.05, 4.69) is 5.32 Å². The zero-order valence-electron chi connectivity index (χ0n) is 8.88. The Morgan fingerprint density at radius 2 is 2.18 bits per heavy atom. The first-order chi connectivity index (χ1) is 7.99. The highest BCUT2D eigenvalue weighted by molar-refractivity contribution is 7.07. The van der Waals surface area contributed by atoms with Gasteiger partial charge >= 0.3 is 5.97 Å². The van der Waals surface area contributed by atoms with Crippen molar-refractivity contribution >= 4 is 29.1 Å². The normalized spacial score (nSPS) is 11.8. The molecule has 92 valence electrons. The highest BCUT2D eigenvalue weighted by atomic mass is 32.1. The van der Waals surface area contributed by atoms with Crippen LogP contribution in [0.5, 0.6) is 0 Å². The molecular formula is C10H12N2O4S. The molecule has 0 saturated carbocycles. The number of carbonyl (C=O) groups is 3. The molecule has 2 amide bonds. The van der Waals surface area contributed by atoms with E-state index in [1.165, 1.54) is 11.3 Å². The number of rotatable bonds is 6. The monoisotopic (exact) mass is 256 g/mol. The molecule has 6 nitrogen and oxygen atoms in total. The molecule has 7 heteroatoms. The van der Waals surface area contributed by atoms with Crippen molar-refractivity contribution in [2.45, 2.75) is 18.9 Å². The van der Waals surface area contributed by atoms with Crippen molar-refractivity contribution in [2.24, 2.45) is 5.73 Å². The number of carboxylic acid groups (broad SMARTS) is 1. The maximum Gasteiger partial charge on any atom is 0.326 e. The molecule has 1 rings (SSSR count). The van der Waals surface area contributed by atoms with Crippen LogP contribution in [-0.4, -0.2) is 28.9 Å². The highest BCUT2D eigenvalue weighted by Gasteiger charge is 2.21. The predicted octanol–water partition coefficient (Wildman–Crippen LogP) is -0.265. The summed E-state index contributed by atoms with van der Waals surface area (Å²) in [6.45, 7) is 0. The number of amides is 2. The van der Waals surface area contributed by atoms with Crippen LogP contribution in [0.1, 0.15) is 12.0 Å². The summed E-state index contributed by atoms with van der Waals surface area (Å²) in [5.41, 5.74) is 5.69. The fourth-order valence-corrected chi connectivity index (χ4v) is 1.89. The second-order valence-electron chi connectivity index (χ2n) is 3.44. The van der Waals surface area contributed by atoms with Crippen molar-refractivity contribution in [3.8, 4) is 0 Å². The first-order valence-corrected chi connectivity index (χ1v) is 5.75. The van der Waals surface area contributed by atoms with Gasteiger partial charge in [-0.15, -0.1) is 0 Å². The van der Waals surface area contributed by atoms with Crippen LogP contribution >= 0.6 is 11.3 Å². The molecule has 0 radical (unpaired) electrons. The number of hydrogen-bond acceptors (Lipinski definition) is 4. The number of nitrogens with one attached hydrogen (secondary N) is 1. The minimum atomic E-state index is -1.28. The number of carbonyl (C=O) groups excluding carboxylic acids is 2. The van der Waals surface area contributed by atoms with Crippen molar-refractivity contribution in [1.29, 1.82) is 0 Å². The molecule has 0 aliphatic carbocycles. The summed E-state index contributed by atoms with van der Waals surface area (Å²) < 4.78 is 0. The Bertz CT molecular complexity index is 416. The number of carboxylic acids is 1. The molecule has 0 spiro atoms. The number of thiophene rings is 1. The van der Waals surface area contributed by atoms with E-state index in [1.807, 2.05) is 5.38 Å². The van der Waals surface area contributed by atoms with E-state index in [-0.39, 0.29) is 6.42 Å². The van der Waals surface area contributed by atoms with Crippen LogP contribution in [0.25, 0.3) is 0 Å². The fraction of sp³-hybridized carbons (Fsp3) is 0.300. The lowest BCUT2D eigenvalue weighted by atomic mass is 10.1. The Labute approximate surface area is 101 Å². The number of primary amides is 1. The average Bonchev–Trinajstić information content (AvgIpc) is 2.68. The molecule has 1 heterocycles. The minimum Gasteiger partial charge on any atom is -0.480 e. The van der Waals surface area contributed by atoms with E-state index in [1.54, 1.807) is 11.4 Å². The standard InChI is InChI=1S/C10H12N2O4S/c11-8(13)4-7(10(15)16)12-9(14)3-6-1-2-17-5-6/h1-2,5,7H,3-4H2,(H2,11,13)(H,12,14)(H,15,16)/t7-/m1/s1. The Kier molecular flexibility index (Phi) is 4.65. The first kappa shape index (κ1) is 13.2. The summed E-state index contributed by atoms with van der Waals surface area (Å²) in [7, 11) is 0. The van der Waals surface area contributed by atoms with Crippen LogP contribution in [0, 0.1) is 0 Å². The van der Waals surface area contributed by atoms with Crippen LogP contribution in [0.4, 0.5) is 0 Å². The third-order valence-electron chi connectivity index (χ3n) is 1.98. The molecule has 1 aromatic rings. The molecule has 0 aliphatic rings. The number of hydrogen-bond donors (Lipinski definition) is 3. The smallest absolute Gasteiger partial charge is 0.326 e. The van der Waals surface area contributed by atoms with E-state index < -0.39 is 30.2 Å². The lowest BCUT2D eigenvalue weighted by molar-refractivity contribution is -0.143. The molecule has 1 aromatic heterocycles. The van der Waals surface area contributed by atoms with E-state index in [9.17, 15) is 14.4 Å². The Hall–Kier alpha value is -1.89. The van der Waals surface area contributed by atoms with Gasteiger partial charge in [0.05, 0.1) is 12.8 Å². The Balaban J connectivity index is 2.52. The molecule has 0 bridgehead atoms. The first-order valence-electron chi connectivity index (χ1n) is 4.80. The SMILES string of the molecule is NC(=O)C[C@@H](NC(=O)Cc1ccsc1)C(=O)O. The summed E-state index contributed by atoms with van der Waals surface area (Å²) in [6.07, 6.45) is -0.323. The molecule has 0 saturated heterocycles. The van der Waals surface area contributed by atoms with Crippen molar-refractivity contribution in [2.75, 3.05) is 0 Å².